The third kappa shape index (κ3) is 6.39. The lowest BCUT2D eigenvalue weighted by atomic mass is 10.2. The van der Waals surface area contributed by atoms with Gasteiger partial charge < -0.3 is 10.1 Å². The van der Waals surface area contributed by atoms with Gasteiger partial charge in [0.25, 0.3) is 0 Å². The fourth-order valence-corrected chi connectivity index (χ4v) is 1.34. The molecule has 1 amide bonds. The number of carbonyl (C=O) groups is 1. The number of alkyl carbamates (subject to hydrolysis) is 1. The Morgan fingerprint density at radius 2 is 2.25 bits per heavy atom. The Kier molecular flexibility index (Phi) is 5.78. The van der Waals surface area contributed by atoms with Gasteiger partial charge in [0, 0.05) is 19.2 Å². The maximum absolute atomic E-state index is 13.3. The number of nitrogens with zero attached hydrogens (tertiary/aromatic N) is 1. The number of pyridine rings is 1. The minimum absolute atomic E-state index is 0.0340. The molecule has 1 rings (SSSR count). The molecule has 0 atom stereocenters. The highest BCUT2D eigenvalue weighted by atomic mass is 35.5. The largest absolute Gasteiger partial charge is 0.444 e. The van der Waals surface area contributed by atoms with Crippen molar-refractivity contribution in [2.24, 2.45) is 0 Å². The molecule has 0 spiro atoms. The highest BCUT2D eigenvalue weighted by Gasteiger charge is 2.15. The molecule has 1 heterocycles. The van der Waals surface area contributed by atoms with Gasteiger partial charge in [-0.15, -0.1) is 0 Å². The smallest absolute Gasteiger partial charge is 0.407 e. The predicted molar refractivity (Wildman–Crippen MR) is 74.9 cm³/mol. The Morgan fingerprint density at radius 3 is 2.85 bits per heavy atom. The van der Waals surface area contributed by atoms with E-state index in [-0.39, 0.29) is 10.7 Å². The van der Waals surface area contributed by atoms with Crippen LogP contribution in [0.5, 0.6) is 0 Å². The van der Waals surface area contributed by atoms with E-state index in [0.29, 0.717) is 13.0 Å². The second-order valence-corrected chi connectivity index (χ2v) is 5.40. The summed E-state index contributed by atoms with van der Waals surface area (Å²) in [6.07, 6.45) is 1.19. The van der Waals surface area contributed by atoms with Crippen molar-refractivity contribution in [1.29, 1.82) is 0 Å². The summed E-state index contributed by atoms with van der Waals surface area (Å²) in [6.45, 7) is 5.65. The Hall–Kier alpha value is -1.80. The monoisotopic (exact) mass is 298 g/mol. The van der Waals surface area contributed by atoms with E-state index in [0.717, 1.165) is 6.07 Å². The van der Waals surface area contributed by atoms with E-state index in [1.165, 1.54) is 6.20 Å². The van der Waals surface area contributed by atoms with Crippen molar-refractivity contribution in [3.05, 3.63) is 28.8 Å². The summed E-state index contributed by atoms with van der Waals surface area (Å²) in [5.41, 5.74) is -0.502. The minimum atomic E-state index is -0.565. The Morgan fingerprint density at radius 1 is 1.55 bits per heavy atom. The zero-order valence-electron chi connectivity index (χ0n) is 11.6. The summed E-state index contributed by atoms with van der Waals surface area (Å²) in [7, 11) is 0. The zero-order chi connectivity index (χ0) is 15.2. The highest BCUT2D eigenvalue weighted by Crippen LogP contribution is 2.10. The van der Waals surface area contributed by atoms with Crippen LogP contribution in [0.3, 0.4) is 0 Å². The van der Waals surface area contributed by atoms with Crippen LogP contribution in [0.25, 0.3) is 0 Å². The number of rotatable bonds is 2. The number of aromatic nitrogens is 1. The van der Waals surface area contributed by atoms with Gasteiger partial charge in [0.05, 0.1) is 5.02 Å². The molecule has 0 aliphatic rings. The van der Waals surface area contributed by atoms with Crippen molar-refractivity contribution in [1.82, 2.24) is 10.3 Å². The quantitative estimate of drug-likeness (QED) is 0.674. The lowest BCUT2D eigenvalue weighted by Crippen LogP contribution is -2.32. The molecule has 1 aromatic rings. The van der Waals surface area contributed by atoms with Crippen LogP contribution in [0.1, 0.15) is 32.9 Å². The maximum Gasteiger partial charge on any atom is 0.407 e. The molecule has 0 unspecified atom stereocenters. The van der Waals surface area contributed by atoms with Crippen LogP contribution >= 0.6 is 11.6 Å². The molecule has 0 radical (unpaired) electrons. The fraction of sp³-hybridized carbons (Fsp3) is 0.429. The molecule has 0 aliphatic carbocycles. The number of nitrogens with one attached hydrogen (secondary N) is 1. The van der Waals surface area contributed by atoms with Crippen molar-refractivity contribution in [2.45, 2.75) is 32.8 Å². The maximum atomic E-state index is 13.3. The number of carbonyl (C=O) groups excluding carboxylic acids is 1. The lowest BCUT2D eigenvalue weighted by Gasteiger charge is -2.19. The molecular formula is C14H16ClFN2O2. The average Bonchev–Trinajstić information content (AvgIpc) is 2.28. The Balaban J connectivity index is 2.38. The first-order valence-electron chi connectivity index (χ1n) is 6.05. The summed E-state index contributed by atoms with van der Waals surface area (Å²) in [5.74, 6) is 4.72. The number of hydrogen-bond donors (Lipinski definition) is 1. The Labute approximate surface area is 122 Å². The molecule has 4 nitrogen and oxygen atoms in total. The third-order valence-corrected chi connectivity index (χ3v) is 2.14. The van der Waals surface area contributed by atoms with Gasteiger partial charge in [0.15, 0.2) is 5.82 Å². The van der Waals surface area contributed by atoms with Gasteiger partial charge >= 0.3 is 6.09 Å². The molecule has 0 saturated heterocycles. The van der Waals surface area contributed by atoms with Gasteiger partial charge in [-0.1, -0.05) is 17.5 Å². The Bertz CT molecular complexity index is 544. The van der Waals surface area contributed by atoms with Gasteiger partial charge in [-0.05, 0) is 32.8 Å². The molecule has 0 aromatic carbocycles. The molecule has 0 fully saturated rings. The summed E-state index contributed by atoms with van der Waals surface area (Å²) >= 11 is 5.58. The van der Waals surface area contributed by atoms with E-state index in [1.807, 2.05) is 0 Å². The van der Waals surface area contributed by atoms with Crippen molar-refractivity contribution < 1.29 is 13.9 Å². The lowest BCUT2D eigenvalue weighted by molar-refractivity contribution is 0.0529. The highest BCUT2D eigenvalue weighted by molar-refractivity contribution is 6.30. The molecular weight excluding hydrogens is 283 g/mol. The van der Waals surface area contributed by atoms with Crippen LogP contribution < -0.4 is 5.32 Å². The van der Waals surface area contributed by atoms with Crippen molar-refractivity contribution in [3.8, 4) is 11.8 Å². The van der Waals surface area contributed by atoms with E-state index in [9.17, 15) is 9.18 Å². The third-order valence-electron chi connectivity index (χ3n) is 1.93. The van der Waals surface area contributed by atoms with Gasteiger partial charge in [0.2, 0.25) is 0 Å². The van der Waals surface area contributed by atoms with Gasteiger partial charge in [-0.25, -0.2) is 14.2 Å². The van der Waals surface area contributed by atoms with Gasteiger partial charge in [0.1, 0.15) is 11.3 Å². The first-order valence-corrected chi connectivity index (χ1v) is 6.42. The fourth-order valence-electron chi connectivity index (χ4n) is 1.19. The van der Waals surface area contributed by atoms with Crippen molar-refractivity contribution in [3.63, 3.8) is 0 Å². The van der Waals surface area contributed by atoms with Crippen LogP contribution in [0.15, 0.2) is 12.3 Å². The van der Waals surface area contributed by atoms with E-state index >= 15 is 0 Å². The molecule has 20 heavy (non-hydrogen) atoms. The van der Waals surface area contributed by atoms with Crippen LogP contribution in [0, 0.1) is 17.7 Å². The minimum Gasteiger partial charge on any atom is -0.444 e. The van der Waals surface area contributed by atoms with E-state index in [2.05, 4.69) is 22.1 Å². The molecule has 1 aromatic heterocycles. The molecule has 6 heteroatoms. The zero-order valence-corrected chi connectivity index (χ0v) is 12.3. The van der Waals surface area contributed by atoms with Crippen LogP contribution in [-0.2, 0) is 4.74 Å². The molecule has 0 aliphatic heterocycles. The number of amides is 1. The first-order chi connectivity index (χ1) is 9.28. The first kappa shape index (κ1) is 16.3. The van der Waals surface area contributed by atoms with Crippen LogP contribution in [-0.4, -0.2) is 23.2 Å². The molecule has 1 N–H and O–H groups in total. The second kappa shape index (κ2) is 7.11. The van der Waals surface area contributed by atoms with Crippen LogP contribution in [0.4, 0.5) is 9.18 Å². The van der Waals surface area contributed by atoms with Crippen molar-refractivity contribution >= 4 is 17.7 Å². The van der Waals surface area contributed by atoms with Crippen molar-refractivity contribution in [2.75, 3.05) is 6.54 Å². The van der Waals surface area contributed by atoms with E-state index in [1.54, 1.807) is 20.8 Å². The average molecular weight is 299 g/mol. The number of ether oxygens (including phenoxy) is 1. The van der Waals surface area contributed by atoms with Crippen LogP contribution in [0.2, 0.25) is 5.02 Å². The van der Waals surface area contributed by atoms with Gasteiger partial charge in [-0.2, -0.15) is 0 Å². The second-order valence-electron chi connectivity index (χ2n) is 4.96. The SMILES string of the molecule is CC(C)(C)OC(=O)NCCC#Cc1ncc(Cl)cc1F. The van der Waals surface area contributed by atoms with E-state index in [4.69, 9.17) is 16.3 Å². The predicted octanol–water partition coefficient (Wildman–Crippen LogP) is 3.14. The summed E-state index contributed by atoms with van der Waals surface area (Å²) in [6, 6.07) is 1.15. The summed E-state index contributed by atoms with van der Waals surface area (Å²) in [5, 5.41) is 2.77. The van der Waals surface area contributed by atoms with E-state index < -0.39 is 17.5 Å². The summed E-state index contributed by atoms with van der Waals surface area (Å²) < 4.78 is 18.4. The molecule has 0 bridgehead atoms. The number of halogens is 2. The number of hydrogen-bond acceptors (Lipinski definition) is 3. The molecule has 0 saturated carbocycles. The topological polar surface area (TPSA) is 51.2 Å². The molecule has 108 valence electrons. The standard InChI is InChI=1S/C14H16ClFN2O2/c1-14(2,3)20-13(19)17-7-5-4-6-12-11(16)8-10(15)9-18-12/h8-9H,5,7H2,1-3H3,(H,17,19). The normalized spacial score (nSPS) is 10.4. The summed E-state index contributed by atoms with van der Waals surface area (Å²) in [4.78, 5) is 15.1. The van der Waals surface area contributed by atoms with Gasteiger partial charge in [-0.3, -0.25) is 0 Å².